The van der Waals surface area contributed by atoms with Crippen LogP contribution in [0.5, 0.6) is 0 Å². The van der Waals surface area contributed by atoms with E-state index in [0.717, 1.165) is 0 Å². The van der Waals surface area contributed by atoms with Crippen LogP contribution < -0.4 is 5.73 Å². The summed E-state index contributed by atoms with van der Waals surface area (Å²) in [5.41, 5.74) is 0.625. The van der Waals surface area contributed by atoms with Gasteiger partial charge in [0.25, 0.3) is 0 Å². The van der Waals surface area contributed by atoms with E-state index in [1.165, 1.54) is 0 Å². The first-order valence-corrected chi connectivity index (χ1v) is 3.44. The number of halogens is 3. The summed E-state index contributed by atoms with van der Waals surface area (Å²) in [6.07, 6.45) is -0.00975. The molecule has 0 heterocycles. The zero-order valence-corrected chi connectivity index (χ0v) is 5.85. The van der Waals surface area contributed by atoms with Gasteiger partial charge in [0, 0.05) is 12.2 Å². The van der Waals surface area contributed by atoms with Gasteiger partial charge in [-0.15, -0.1) is 0 Å². The lowest BCUT2D eigenvalue weighted by Crippen LogP contribution is -2.12. The molecule has 0 amide bonds. The molecule has 0 aromatic rings. The Hall–Kier alpha value is -0.390. The molecule has 0 atom stereocenters. The van der Waals surface area contributed by atoms with Crippen LogP contribution in [0.25, 0.3) is 0 Å². The normalized spacial score (nSPS) is 11.5. The van der Waals surface area contributed by atoms with E-state index in [0.29, 0.717) is 0 Å². The molecular weight excluding hydrogens is 165 g/mol. The summed E-state index contributed by atoms with van der Waals surface area (Å²) in [4.78, 5) is 0. The van der Waals surface area contributed by atoms with Crippen molar-refractivity contribution in [1.82, 2.24) is 0 Å². The number of nitrogens with one attached hydrogen (secondary N) is 1. The monoisotopic (exact) mass is 172 g/mol. The highest BCUT2D eigenvalue weighted by molar-refractivity contribution is 8.00. The molecule has 0 aromatic carbocycles. The number of alkyl halides is 3. The van der Waals surface area contributed by atoms with E-state index in [-0.39, 0.29) is 29.8 Å². The van der Waals surface area contributed by atoms with Crippen LogP contribution >= 0.6 is 11.8 Å². The van der Waals surface area contributed by atoms with E-state index in [9.17, 15) is 13.2 Å². The largest absolute Gasteiger partial charge is 0.441 e. The van der Waals surface area contributed by atoms with Crippen LogP contribution in [0.1, 0.15) is 6.42 Å². The molecule has 60 valence electrons. The van der Waals surface area contributed by atoms with Crippen molar-refractivity contribution in [2.75, 3.05) is 5.75 Å². The predicted octanol–water partition coefficient (Wildman–Crippen LogP) is 1.57. The van der Waals surface area contributed by atoms with Gasteiger partial charge in [-0.3, -0.25) is 5.41 Å². The number of amidine groups is 1. The first-order valence-electron chi connectivity index (χ1n) is 2.45. The van der Waals surface area contributed by atoms with Crippen LogP contribution in [0.2, 0.25) is 0 Å². The minimum absolute atomic E-state index is 0.00975. The smallest absolute Gasteiger partial charge is 0.388 e. The Morgan fingerprint density at radius 1 is 1.50 bits per heavy atom. The molecular formula is C4H7F3N2S. The molecule has 0 bridgehead atoms. The Balaban J connectivity index is 3.29. The molecule has 0 aliphatic rings. The molecule has 0 radical (unpaired) electrons. The predicted molar refractivity (Wildman–Crippen MR) is 35.0 cm³/mol. The molecule has 0 aliphatic carbocycles. The average molecular weight is 172 g/mol. The summed E-state index contributed by atoms with van der Waals surface area (Å²) < 4.78 is 34.1. The van der Waals surface area contributed by atoms with Crippen molar-refractivity contribution < 1.29 is 13.2 Å². The zero-order chi connectivity index (χ0) is 8.20. The van der Waals surface area contributed by atoms with Gasteiger partial charge in [-0.1, -0.05) is 11.8 Å². The highest BCUT2D eigenvalue weighted by Gasteiger charge is 2.27. The maximum absolute atomic E-state index is 11.4. The summed E-state index contributed by atoms with van der Waals surface area (Å²) in [5, 5.41) is 6.60. The van der Waals surface area contributed by atoms with Crippen molar-refractivity contribution in [2.45, 2.75) is 11.9 Å². The quantitative estimate of drug-likeness (QED) is 0.501. The molecule has 0 aliphatic heterocycles. The van der Waals surface area contributed by atoms with Crippen LogP contribution in [0.3, 0.4) is 0 Å². The lowest BCUT2D eigenvalue weighted by Gasteiger charge is -2.03. The third-order valence-electron chi connectivity index (χ3n) is 0.637. The number of rotatable bonds is 3. The lowest BCUT2D eigenvalue weighted by molar-refractivity contribution is -0.0327. The van der Waals surface area contributed by atoms with Gasteiger partial charge in [0.15, 0.2) is 0 Å². The molecule has 0 fully saturated rings. The van der Waals surface area contributed by atoms with E-state index in [4.69, 9.17) is 11.1 Å². The van der Waals surface area contributed by atoms with Crippen LogP contribution in [0.15, 0.2) is 0 Å². The van der Waals surface area contributed by atoms with Gasteiger partial charge in [-0.2, -0.15) is 13.2 Å². The molecule has 0 aromatic heterocycles. The average Bonchev–Trinajstić information content (AvgIpc) is 1.59. The Labute approximate surface area is 60.5 Å². The van der Waals surface area contributed by atoms with Crippen molar-refractivity contribution >= 4 is 17.6 Å². The molecule has 0 unspecified atom stereocenters. The highest BCUT2D eigenvalue weighted by Crippen LogP contribution is 2.30. The van der Waals surface area contributed by atoms with Gasteiger partial charge in [0.05, 0.1) is 5.84 Å². The summed E-state index contributed by atoms with van der Waals surface area (Å²) in [7, 11) is 0. The van der Waals surface area contributed by atoms with Gasteiger partial charge in [0.1, 0.15) is 0 Å². The van der Waals surface area contributed by atoms with Crippen molar-refractivity contribution in [3.8, 4) is 0 Å². The molecule has 0 saturated carbocycles. The molecule has 0 saturated heterocycles. The Morgan fingerprint density at radius 3 is 2.30 bits per heavy atom. The minimum atomic E-state index is -4.20. The summed E-state index contributed by atoms with van der Waals surface area (Å²) in [6.45, 7) is 0. The van der Waals surface area contributed by atoms with E-state index >= 15 is 0 Å². The second kappa shape index (κ2) is 3.70. The van der Waals surface area contributed by atoms with Crippen LogP contribution in [0, 0.1) is 5.41 Å². The lowest BCUT2D eigenvalue weighted by atomic mass is 10.5. The zero-order valence-electron chi connectivity index (χ0n) is 5.03. The van der Waals surface area contributed by atoms with Gasteiger partial charge in [0.2, 0.25) is 0 Å². The first-order chi connectivity index (χ1) is 4.42. The minimum Gasteiger partial charge on any atom is -0.388 e. The Morgan fingerprint density at radius 2 is 2.00 bits per heavy atom. The van der Waals surface area contributed by atoms with Crippen molar-refractivity contribution in [3.63, 3.8) is 0 Å². The summed E-state index contributed by atoms with van der Waals surface area (Å²) >= 11 is -0.159. The van der Waals surface area contributed by atoms with Gasteiger partial charge in [-0.25, -0.2) is 0 Å². The summed E-state index contributed by atoms with van der Waals surface area (Å²) in [6, 6.07) is 0. The number of nitrogens with two attached hydrogens (primary N) is 1. The summed E-state index contributed by atoms with van der Waals surface area (Å²) in [5.74, 6) is -0.379. The van der Waals surface area contributed by atoms with E-state index in [2.05, 4.69) is 0 Å². The maximum Gasteiger partial charge on any atom is 0.441 e. The fourth-order valence-corrected chi connectivity index (χ4v) is 0.830. The fourth-order valence-electron chi connectivity index (χ4n) is 0.277. The SMILES string of the molecule is N=C(N)CCSC(F)(F)F. The van der Waals surface area contributed by atoms with Crippen molar-refractivity contribution in [2.24, 2.45) is 5.73 Å². The molecule has 6 heteroatoms. The van der Waals surface area contributed by atoms with Gasteiger partial charge >= 0.3 is 5.51 Å². The van der Waals surface area contributed by atoms with Crippen LogP contribution in [-0.4, -0.2) is 17.1 Å². The fraction of sp³-hybridized carbons (Fsp3) is 0.750. The molecule has 10 heavy (non-hydrogen) atoms. The highest BCUT2D eigenvalue weighted by atomic mass is 32.2. The van der Waals surface area contributed by atoms with Crippen LogP contribution in [0.4, 0.5) is 13.2 Å². The topological polar surface area (TPSA) is 49.9 Å². The van der Waals surface area contributed by atoms with E-state index in [1.54, 1.807) is 0 Å². The third-order valence-corrected chi connectivity index (χ3v) is 1.37. The molecule has 2 nitrogen and oxygen atoms in total. The third kappa shape index (κ3) is 7.61. The van der Waals surface area contributed by atoms with Gasteiger partial charge in [-0.05, 0) is 0 Å². The van der Waals surface area contributed by atoms with Crippen molar-refractivity contribution in [3.05, 3.63) is 0 Å². The van der Waals surface area contributed by atoms with Gasteiger partial charge < -0.3 is 5.73 Å². The number of hydrogen-bond donors (Lipinski definition) is 2. The van der Waals surface area contributed by atoms with E-state index in [1.807, 2.05) is 0 Å². The standard InChI is InChI=1S/C4H7F3N2S/c5-4(6,7)10-2-1-3(8)9/h1-2H2,(H3,8,9). The molecule has 0 spiro atoms. The Kier molecular flexibility index (Phi) is 3.55. The number of thioether (sulfide) groups is 1. The maximum atomic E-state index is 11.4. The second-order valence-corrected chi connectivity index (χ2v) is 2.73. The van der Waals surface area contributed by atoms with Crippen molar-refractivity contribution in [1.29, 1.82) is 5.41 Å². The number of hydrogen-bond acceptors (Lipinski definition) is 2. The van der Waals surface area contributed by atoms with Crippen LogP contribution in [-0.2, 0) is 0 Å². The first kappa shape index (κ1) is 9.61. The Bertz CT molecular complexity index is 122. The molecule has 3 N–H and O–H groups in total. The van der Waals surface area contributed by atoms with E-state index < -0.39 is 5.51 Å². The molecule has 0 rings (SSSR count). The second-order valence-electron chi connectivity index (χ2n) is 1.57.